The van der Waals surface area contributed by atoms with Gasteiger partial charge in [-0.2, -0.15) is 0 Å². The Morgan fingerprint density at radius 2 is 1.66 bits per heavy atom. The van der Waals surface area contributed by atoms with Gasteiger partial charge in [-0.3, -0.25) is 9.69 Å². The van der Waals surface area contributed by atoms with Crippen LogP contribution in [0.5, 0.6) is 0 Å². The van der Waals surface area contributed by atoms with Crippen molar-refractivity contribution in [3.8, 4) is 5.69 Å². The van der Waals surface area contributed by atoms with Gasteiger partial charge < -0.3 is 9.88 Å². The van der Waals surface area contributed by atoms with Crippen LogP contribution >= 0.6 is 0 Å². The molecule has 1 aliphatic rings. The van der Waals surface area contributed by atoms with Crippen LogP contribution in [-0.2, 0) is 17.8 Å². The fourth-order valence-electron chi connectivity index (χ4n) is 4.02. The third-order valence-electron chi connectivity index (χ3n) is 5.81. The highest BCUT2D eigenvalue weighted by atomic mass is 16.1. The summed E-state index contributed by atoms with van der Waals surface area (Å²) in [6, 6.07) is 21.1. The molecule has 2 heterocycles. The van der Waals surface area contributed by atoms with Gasteiger partial charge in [-0.1, -0.05) is 36.4 Å². The zero-order valence-corrected chi connectivity index (χ0v) is 17.1. The standard InChI is InChI=1S/C25H29N3O/c1-20-6-2-3-7-22(20)19-27-16-12-23(13-17-27)26-25(29)18-21-8-10-24(11-9-21)28-14-4-5-15-28/h2-11,14-15,23H,12-13,16-19H2,1H3,(H,26,29). The summed E-state index contributed by atoms with van der Waals surface area (Å²) in [5, 5.41) is 3.23. The molecule has 4 rings (SSSR count). The minimum atomic E-state index is 0.121. The monoisotopic (exact) mass is 387 g/mol. The second-order valence-electron chi connectivity index (χ2n) is 7.98. The maximum Gasteiger partial charge on any atom is 0.224 e. The largest absolute Gasteiger partial charge is 0.353 e. The predicted molar refractivity (Wildman–Crippen MR) is 117 cm³/mol. The smallest absolute Gasteiger partial charge is 0.224 e. The van der Waals surface area contributed by atoms with Crippen LogP contribution in [0.25, 0.3) is 5.69 Å². The molecular formula is C25H29N3O. The van der Waals surface area contributed by atoms with Crippen molar-refractivity contribution in [3.63, 3.8) is 0 Å². The summed E-state index contributed by atoms with van der Waals surface area (Å²) < 4.78 is 2.06. The Balaban J connectivity index is 1.23. The molecular weight excluding hydrogens is 358 g/mol. The van der Waals surface area contributed by atoms with Crippen molar-refractivity contribution in [2.75, 3.05) is 13.1 Å². The molecule has 0 unspecified atom stereocenters. The Bertz CT molecular complexity index is 923. The minimum Gasteiger partial charge on any atom is -0.353 e. The third-order valence-corrected chi connectivity index (χ3v) is 5.81. The van der Waals surface area contributed by atoms with Crippen LogP contribution in [0.15, 0.2) is 73.1 Å². The average molecular weight is 388 g/mol. The van der Waals surface area contributed by atoms with E-state index in [0.717, 1.165) is 43.7 Å². The number of nitrogens with zero attached hydrogens (tertiary/aromatic N) is 2. The Kier molecular flexibility index (Phi) is 6.11. The second kappa shape index (κ2) is 9.10. The van der Waals surface area contributed by atoms with E-state index in [1.54, 1.807) is 0 Å². The van der Waals surface area contributed by atoms with Gasteiger partial charge in [0.1, 0.15) is 0 Å². The molecule has 0 bridgehead atoms. The molecule has 0 saturated carbocycles. The summed E-state index contributed by atoms with van der Waals surface area (Å²) in [5.41, 5.74) is 4.92. The van der Waals surface area contributed by atoms with E-state index in [-0.39, 0.29) is 11.9 Å². The van der Waals surface area contributed by atoms with E-state index in [1.165, 1.54) is 11.1 Å². The molecule has 0 atom stereocenters. The summed E-state index contributed by atoms with van der Waals surface area (Å²) in [6.07, 6.45) is 6.52. The third kappa shape index (κ3) is 5.15. The number of aryl methyl sites for hydroxylation is 1. The van der Waals surface area contributed by atoms with Crippen molar-refractivity contribution in [1.29, 1.82) is 0 Å². The van der Waals surface area contributed by atoms with Crippen LogP contribution in [-0.4, -0.2) is 34.5 Å². The molecule has 1 amide bonds. The predicted octanol–water partition coefficient (Wildman–Crippen LogP) is 4.11. The van der Waals surface area contributed by atoms with Crippen molar-refractivity contribution < 1.29 is 4.79 Å². The first-order valence-electron chi connectivity index (χ1n) is 10.5. The highest BCUT2D eigenvalue weighted by Gasteiger charge is 2.21. The second-order valence-corrected chi connectivity index (χ2v) is 7.98. The first kappa shape index (κ1) is 19.5. The van der Waals surface area contributed by atoms with Gasteiger partial charge in [-0.25, -0.2) is 0 Å². The number of carbonyl (C=O) groups is 1. The molecule has 4 heteroatoms. The SMILES string of the molecule is Cc1ccccc1CN1CCC(NC(=O)Cc2ccc(-n3cccc3)cc2)CC1. The van der Waals surface area contributed by atoms with E-state index in [1.807, 2.05) is 36.7 Å². The van der Waals surface area contributed by atoms with Gasteiger partial charge in [0.25, 0.3) is 0 Å². The number of amides is 1. The number of hydrogen-bond donors (Lipinski definition) is 1. The molecule has 0 aliphatic carbocycles. The van der Waals surface area contributed by atoms with Gasteiger partial charge in [-0.05, 0) is 60.7 Å². The van der Waals surface area contributed by atoms with Crippen LogP contribution in [0.2, 0.25) is 0 Å². The summed E-state index contributed by atoms with van der Waals surface area (Å²) in [6.45, 7) is 5.24. The van der Waals surface area contributed by atoms with Gasteiger partial charge >= 0.3 is 0 Å². The highest BCUT2D eigenvalue weighted by Crippen LogP contribution is 2.16. The number of rotatable bonds is 6. The minimum absolute atomic E-state index is 0.121. The van der Waals surface area contributed by atoms with Crippen molar-refractivity contribution in [1.82, 2.24) is 14.8 Å². The Labute approximate surface area is 173 Å². The maximum absolute atomic E-state index is 12.5. The number of piperidine rings is 1. The van der Waals surface area contributed by atoms with Crippen LogP contribution in [0, 0.1) is 6.92 Å². The number of likely N-dealkylation sites (tertiary alicyclic amines) is 1. The number of aromatic nitrogens is 1. The molecule has 3 aromatic rings. The Morgan fingerprint density at radius 1 is 0.966 bits per heavy atom. The van der Waals surface area contributed by atoms with E-state index in [9.17, 15) is 4.79 Å². The molecule has 1 aliphatic heterocycles. The van der Waals surface area contributed by atoms with E-state index in [2.05, 4.69) is 58.1 Å². The first-order valence-corrected chi connectivity index (χ1v) is 10.5. The van der Waals surface area contributed by atoms with E-state index >= 15 is 0 Å². The molecule has 0 spiro atoms. The lowest BCUT2D eigenvalue weighted by atomic mass is 10.0. The molecule has 150 valence electrons. The molecule has 0 radical (unpaired) electrons. The van der Waals surface area contributed by atoms with E-state index in [0.29, 0.717) is 6.42 Å². The normalized spacial score (nSPS) is 15.3. The molecule has 4 nitrogen and oxygen atoms in total. The topological polar surface area (TPSA) is 37.3 Å². The van der Waals surface area contributed by atoms with Crippen LogP contribution < -0.4 is 5.32 Å². The van der Waals surface area contributed by atoms with Crippen LogP contribution in [0.4, 0.5) is 0 Å². The number of hydrogen-bond acceptors (Lipinski definition) is 2. The molecule has 1 fully saturated rings. The fraction of sp³-hybridized carbons (Fsp3) is 0.320. The lowest BCUT2D eigenvalue weighted by Gasteiger charge is -2.32. The Hall–Kier alpha value is -2.85. The molecule has 29 heavy (non-hydrogen) atoms. The van der Waals surface area contributed by atoms with E-state index in [4.69, 9.17) is 0 Å². The quantitative estimate of drug-likeness (QED) is 0.691. The number of carbonyl (C=O) groups excluding carboxylic acids is 1. The summed E-state index contributed by atoms with van der Waals surface area (Å²) >= 11 is 0. The lowest BCUT2D eigenvalue weighted by Crippen LogP contribution is -2.44. The zero-order valence-electron chi connectivity index (χ0n) is 17.1. The number of nitrogens with one attached hydrogen (secondary N) is 1. The first-order chi connectivity index (χ1) is 14.2. The Morgan fingerprint density at radius 3 is 2.34 bits per heavy atom. The van der Waals surface area contributed by atoms with Gasteiger partial charge in [0.2, 0.25) is 5.91 Å². The van der Waals surface area contributed by atoms with Crippen molar-refractivity contribution in [2.24, 2.45) is 0 Å². The van der Waals surface area contributed by atoms with Gasteiger partial charge in [0, 0.05) is 43.8 Å². The molecule has 1 saturated heterocycles. The van der Waals surface area contributed by atoms with Crippen molar-refractivity contribution in [2.45, 2.75) is 38.8 Å². The zero-order chi connectivity index (χ0) is 20.1. The van der Waals surface area contributed by atoms with Crippen molar-refractivity contribution in [3.05, 3.63) is 89.7 Å². The summed E-state index contributed by atoms with van der Waals surface area (Å²) in [5.74, 6) is 0.121. The molecule has 1 aromatic heterocycles. The fourth-order valence-corrected chi connectivity index (χ4v) is 4.02. The molecule has 1 N–H and O–H groups in total. The highest BCUT2D eigenvalue weighted by molar-refractivity contribution is 5.78. The van der Waals surface area contributed by atoms with Crippen molar-refractivity contribution >= 4 is 5.91 Å². The van der Waals surface area contributed by atoms with Crippen LogP contribution in [0.1, 0.15) is 29.5 Å². The summed E-state index contributed by atoms with van der Waals surface area (Å²) in [7, 11) is 0. The van der Waals surface area contributed by atoms with E-state index < -0.39 is 0 Å². The lowest BCUT2D eigenvalue weighted by molar-refractivity contribution is -0.121. The number of benzene rings is 2. The van der Waals surface area contributed by atoms with Gasteiger partial charge in [-0.15, -0.1) is 0 Å². The average Bonchev–Trinajstić information content (AvgIpc) is 3.27. The van der Waals surface area contributed by atoms with Crippen LogP contribution in [0.3, 0.4) is 0 Å². The molecule has 2 aromatic carbocycles. The van der Waals surface area contributed by atoms with Gasteiger partial charge in [0.05, 0.1) is 6.42 Å². The van der Waals surface area contributed by atoms with Gasteiger partial charge in [0.15, 0.2) is 0 Å². The maximum atomic E-state index is 12.5. The summed E-state index contributed by atoms with van der Waals surface area (Å²) in [4.78, 5) is 15.0.